The molecule has 2 aromatic rings. The van der Waals surface area contributed by atoms with Gasteiger partial charge in [-0.3, -0.25) is 9.59 Å². The van der Waals surface area contributed by atoms with E-state index in [1.165, 1.54) is 13.2 Å². The van der Waals surface area contributed by atoms with Crippen molar-refractivity contribution in [1.29, 1.82) is 0 Å². The molecule has 1 saturated heterocycles. The van der Waals surface area contributed by atoms with E-state index in [0.717, 1.165) is 4.90 Å². The average Bonchev–Trinajstić information content (AvgIpc) is 3.16. The predicted molar refractivity (Wildman–Crippen MR) is 127 cm³/mol. The van der Waals surface area contributed by atoms with E-state index in [9.17, 15) is 14.4 Å². The van der Waals surface area contributed by atoms with Gasteiger partial charge < -0.3 is 14.8 Å². The van der Waals surface area contributed by atoms with Crippen LogP contribution in [0, 0.1) is 0 Å². The fraction of sp³-hybridized carbons (Fsp3) is 0.391. The molecular weight excluding hydrogens is 514 g/mol. The molecule has 0 radical (unpaired) electrons. The lowest BCUT2D eigenvalue weighted by atomic mass is 10.1. The molecule has 1 N–H and O–H groups in total. The Morgan fingerprint density at radius 3 is 2.61 bits per heavy atom. The maximum atomic E-state index is 13.4. The summed E-state index contributed by atoms with van der Waals surface area (Å²) in [5.74, 6) is -0.717. The number of nitrogens with one attached hydrogen (secondary N) is 1. The highest BCUT2D eigenvalue weighted by Gasteiger charge is 2.34. The van der Waals surface area contributed by atoms with E-state index in [1.807, 2.05) is 12.1 Å². The van der Waals surface area contributed by atoms with E-state index in [4.69, 9.17) is 21.1 Å². The van der Waals surface area contributed by atoms with Crippen molar-refractivity contribution in [3.05, 3.63) is 45.4 Å². The summed E-state index contributed by atoms with van der Waals surface area (Å²) in [5, 5.41) is 3.24. The van der Waals surface area contributed by atoms with Crippen LogP contribution in [-0.4, -0.2) is 53.1 Å². The lowest BCUT2D eigenvalue weighted by Gasteiger charge is -2.28. The van der Waals surface area contributed by atoms with Gasteiger partial charge in [-0.1, -0.05) is 23.7 Å². The number of amides is 3. The highest BCUT2D eigenvalue weighted by molar-refractivity contribution is 9.10. The third kappa shape index (κ3) is 6.03. The van der Waals surface area contributed by atoms with Crippen LogP contribution in [-0.2, 0) is 9.53 Å². The number of hydrogen-bond acceptors (Lipinski definition) is 6. The number of carbonyl (C=O) groups excluding carboxylic acids is 3. The van der Waals surface area contributed by atoms with Gasteiger partial charge in [0.05, 0.1) is 24.4 Å². The molecule has 3 amide bonds. The summed E-state index contributed by atoms with van der Waals surface area (Å²) < 4.78 is 11.5. The first kappa shape index (κ1) is 25.0. The molecule has 0 aliphatic carbocycles. The number of halogens is 2. The molecule has 1 atom stereocenters. The maximum absolute atomic E-state index is 13.4. The van der Waals surface area contributed by atoms with Gasteiger partial charge in [0.2, 0.25) is 11.8 Å². The Morgan fingerprint density at radius 1 is 1.27 bits per heavy atom. The van der Waals surface area contributed by atoms with Crippen molar-refractivity contribution in [2.45, 2.75) is 45.3 Å². The quantitative estimate of drug-likeness (QED) is 0.586. The number of carbonyl (C=O) groups is 3. The molecular formula is C23H25BrClN3O5. The first-order valence-electron chi connectivity index (χ1n) is 10.3. The van der Waals surface area contributed by atoms with Crippen molar-refractivity contribution in [2.24, 2.45) is 0 Å². The van der Waals surface area contributed by atoms with Gasteiger partial charge in [0.1, 0.15) is 11.2 Å². The first-order chi connectivity index (χ1) is 15.5. The van der Waals surface area contributed by atoms with E-state index in [1.54, 1.807) is 32.9 Å². The topological polar surface area (TPSA) is 97.8 Å². The van der Waals surface area contributed by atoms with E-state index in [-0.39, 0.29) is 29.9 Å². The molecule has 1 aliphatic heterocycles. The molecule has 176 valence electrons. The fourth-order valence-corrected chi connectivity index (χ4v) is 3.94. The smallest absolute Gasteiger partial charge is 0.417 e. The largest absolute Gasteiger partial charge is 0.480 e. The minimum Gasteiger partial charge on any atom is -0.480 e. The van der Waals surface area contributed by atoms with Gasteiger partial charge in [-0.15, -0.1) is 0 Å². The standard InChI is InChI=1S/C23H25BrClN3O5/c1-23(2,3)33-22(31)28(12-13-8-11-18(29)26-13)21(30)15-9-10-17(27-20(15)32-4)14-6-5-7-16(24)19(14)25/h5-7,9-10,13H,8,11-12H2,1-4H3,(H,26,29)/t13-/m0/s1. The number of rotatable bonds is 5. The van der Waals surface area contributed by atoms with Crippen LogP contribution in [0.25, 0.3) is 11.3 Å². The second-order valence-electron chi connectivity index (χ2n) is 8.55. The average molecular weight is 539 g/mol. The molecule has 1 fully saturated rings. The molecule has 8 nitrogen and oxygen atoms in total. The van der Waals surface area contributed by atoms with Crippen LogP contribution >= 0.6 is 27.5 Å². The number of nitrogens with zero attached hydrogens (tertiary/aromatic N) is 2. The molecule has 0 bridgehead atoms. The van der Waals surface area contributed by atoms with Crippen LogP contribution in [0.4, 0.5) is 4.79 Å². The van der Waals surface area contributed by atoms with Crippen LogP contribution in [0.2, 0.25) is 5.02 Å². The molecule has 3 rings (SSSR count). The fourth-order valence-electron chi connectivity index (χ4n) is 3.35. The Kier molecular flexibility index (Phi) is 7.64. The number of methoxy groups -OCH3 is 1. The Hall–Kier alpha value is -2.65. The van der Waals surface area contributed by atoms with E-state index in [0.29, 0.717) is 33.6 Å². The Morgan fingerprint density at radius 2 is 2.00 bits per heavy atom. The summed E-state index contributed by atoms with van der Waals surface area (Å²) in [5.41, 5.74) is 0.433. The molecule has 0 saturated carbocycles. The molecule has 0 spiro atoms. The van der Waals surface area contributed by atoms with Crippen molar-refractivity contribution < 1.29 is 23.9 Å². The summed E-state index contributed by atoms with van der Waals surface area (Å²) in [6.45, 7) is 5.11. The SMILES string of the molecule is COc1nc(-c2cccc(Br)c2Cl)ccc1C(=O)N(C[C@@H]1CCC(=O)N1)C(=O)OC(C)(C)C. The van der Waals surface area contributed by atoms with Crippen molar-refractivity contribution in [1.82, 2.24) is 15.2 Å². The maximum Gasteiger partial charge on any atom is 0.417 e. The van der Waals surface area contributed by atoms with Crippen molar-refractivity contribution in [3.63, 3.8) is 0 Å². The monoisotopic (exact) mass is 537 g/mol. The second-order valence-corrected chi connectivity index (χ2v) is 9.79. The van der Waals surface area contributed by atoms with Gasteiger partial charge in [-0.05, 0) is 61.3 Å². The number of benzene rings is 1. The van der Waals surface area contributed by atoms with Crippen LogP contribution in [0.15, 0.2) is 34.8 Å². The van der Waals surface area contributed by atoms with Crippen molar-refractivity contribution >= 4 is 45.4 Å². The predicted octanol–water partition coefficient (Wildman–Crippen LogP) is 4.83. The molecule has 2 heterocycles. The number of imide groups is 1. The Balaban J connectivity index is 1.96. The number of ether oxygens (including phenoxy) is 2. The zero-order chi connectivity index (χ0) is 24.3. The second kappa shape index (κ2) is 10.1. The molecule has 1 aliphatic rings. The van der Waals surface area contributed by atoms with Crippen LogP contribution in [0.5, 0.6) is 5.88 Å². The minimum atomic E-state index is -0.810. The van der Waals surface area contributed by atoms with Gasteiger partial charge in [0.25, 0.3) is 5.91 Å². The first-order valence-corrected chi connectivity index (χ1v) is 11.5. The zero-order valence-electron chi connectivity index (χ0n) is 18.8. The van der Waals surface area contributed by atoms with E-state index in [2.05, 4.69) is 26.2 Å². The molecule has 1 aromatic heterocycles. The van der Waals surface area contributed by atoms with Gasteiger partial charge >= 0.3 is 6.09 Å². The molecule has 10 heteroatoms. The van der Waals surface area contributed by atoms with Crippen LogP contribution < -0.4 is 10.1 Å². The minimum absolute atomic E-state index is 0.0259. The molecule has 33 heavy (non-hydrogen) atoms. The van der Waals surface area contributed by atoms with Gasteiger partial charge in [0.15, 0.2) is 0 Å². The van der Waals surface area contributed by atoms with Crippen molar-refractivity contribution in [3.8, 4) is 17.1 Å². The summed E-state index contributed by atoms with van der Waals surface area (Å²) in [6.07, 6.45) is 0.0459. The van der Waals surface area contributed by atoms with Gasteiger partial charge in [0, 0.05) is 22.5 Å². The number of hydrogen-bond donors (Lipinski definition) is 1. The summed E-state index contributed by atoms with van der Waals surface area (Å²) in [6, 6.07) is 8.23. The number of aromatic nitrogens is 1. The van der Waals surface area contributed by atoms with E-state index < -0.39 is 17.6 Å². The Labute approximate surface area is 205 Å². The van der Waals surface area contributed by atoms with Gasteiger partial charge in [-0.25, -0.2) is 14.7 Å². The van der Waals surface area contributed by atoms with Crippen LogP contribution in [0.3, 0.4) is 0 Å². The zero-order valence-corrected chi connectivity index (χ0v) is 21.1. The highest BCUT2D eigenvalue weighted by atomic mass is 79.9. The normalized spacial score (nSPS) is 15.7. The lowest BCUT2D eigenvalue weighted by molar-refractivity contribution is -0.119. The molecule has 0 unspecified atom stereocenters. The van der Waals surface area contributed by atoms with E-state index >= 15 is 0 Å². The lowest BCUT2D eigenvalue weighted by Crippen LogP contribution is -2.47. The third-order valence-electron chi connectivity index (χ3n) is 4.86. The van der Waals surface area contributed by atoms with Crippen LogP contribution in [0.1, 0.15) is 44.0 Å². The van der Waals surface area contributed by atoms with Crippen molar-refractivity contribution in [2.75, 3.05) is 13.7 Å². The summed E-state index contributed by atoms with van der Waals surface area (Å²) >= 11 is 9.78. The third-order valence-corrected chi connectivity index (χ3v) is 6.15. The summed E-state index contributed by atoms with van der Waals surface area (Å²) in [7, 11) is 1.39. The number of pyridine rings is 1. The highest BCUT2D eigenvalue weighted by Crippen LogP contribution is 2.34. The summed E-state index contributed by atoms with van der Waals surface area (Å²) in [4.78, 5) is 43.4. The molecule has 1 aromatic carbocycles. The Bertz CT molecular complexity index is 1090. The van der Waals surface area contributed by atoms with Gasteiger partial charge in [-0.2, -0.15) is 0 Å².